The molecule has 1 atom stereocenters. The fourth-order valence-electron chi connectivity index (χ4n) is 1.20. The van der Waals surface area contributed by atoms with E-state index in [0.717, 1.165) is 0 Å². The number of halogens is 2. The summed E-state index contributed by atoms with van der Waals surface area (Å²) in [7, 11) is 0. The lowest BCUT2D eigenvalue weighted by atomic mass is 10.3. The molecule has 0 heterocycles. The van der Waals surface area contributed by atoms with Gasteiger partial charge in [-0.15, -0.1) is 0 Å². The number of hydrogen-bond acceptors (Lipinski definition) is 3. The molecule has 3 nitrogen and oxygen atoms in total. The molecule has 0 fully saturated rings. The van der Waals surface area contributed by atoms with Crippen molar-refractivity contribution in [1.82, 2.24) is 0 Å². The zero-order valence-electron chi connectivity index (χ0n) is 9.91. The van der Waals surface area contributed by atoms with Gasteiger partial charge < -0.3 is 15.2 Å². The molecule has 5 heteroatoms. The molecule has 96 valence electrons. The number of benzene rings is 1. The van der Waals surface area contributed by atoms with Crippen molar-refractivity contribution in [3.63, 3.8) is 0 Å². The highest BCUT2D eigenvalue weighted by Crippen LogP contribution is 2.18. The summed E-state index contributed by atoms with van der Waals surface area (Å²) in [5, 5.41) is 12.6. The molecule has 0 amide bonds. The number of anilines is 1. The number of rotatable bonds is 6. The fraction of sp³-hybridized carbons (Fsp3) is 0.500. The Morgan fingerprint density at radius 3 is 2.76 bits per heavy atom. The molecule has 0 saturated carbocycles. The second-order valence-corrected chi connectivity index (χ2v) is 4.45. The van der Waals surface area contributed by atoms with E-state index in [9.17, 15) is 9.50 Å². The van der Waals surface area contributed by atoms with Crippen molar-refractivity contribution < 1.29 is 14.2 Å². The Kier molecular flexibility index (Phi) is 5.68. The third-order valence-electron chi connectivity index (χ3n) is 2.08. The van der Waals surface area contributed by atoms with Gasteiger partial charge in [-0.1, -0.05) is 11.6 Å². The second kappa shape index (κ2) is 6.79. The molecule has 2 N–H and O–H groups in total. The van der Waals surface area contributed by atoms with E-state index in [1.165, 1.54) is 12.1 Å². The average molecular weight is 262 g/mol. The summed E-state index contributed by atoms with van der Waals surface area (Å²) in [6.07, 6.45) is -0.547. The van der Waals surface area contributed by atoms with Gasteiger partial charge in [-0.3, -0.25) is 0 Å². The zero-order valence-corrected chi connectivity index (χ0v) is 10.7. The van der Waals surface area contributed by atoms with E-state index >= 15 is 0 Å². The molecule has 0 saturated heterocycles. The van der Waals surface area contributed by atoms with Gasteiger partial charge in [0.05, 0.1) is 23.8 Å². The number of hydrogen-bond donors (Lipinski definition) is 2. The molecule has 0 aromatic heterocycles. The summed E-state index contributed by atoms with van der Waals surface area (Å²) in [4.78, 5) is 0. The van der Waals surface area contributed by atoms with E-state index < -0.39 is 11.9 Å². The third kappa shape index (κ3) is 5.35. The summed E-state index contributed by atoms with van der Waals surface area (Å²) in [6.45, 7) is 4.35. The molecule has 0 radical (unpaired) electrons. The van der Waals surface area contributed by atoms with Gasteiger partial charge in [0, 0.05) is 12.2 Å². The van der Waals surface area contributed by atoms with E-state index in [-0.39, 0.29) is 17.7 Å². The van der Waals surface area contributed by atoms with Crippen LogP contribution in [-0.4, -0.2) is 30.5 Å². The van der Waals surface area contributed by atoms with E-state index in [2.05, 4.69) is 5.32 Å². The summed E-state index contributed by atoms with van der Waals surface area (Å²) in [5.74, 6) is -0.482. The van der Waals surface area contributed by atoms with Crippen molar-refractivity contribution in [1.29, 1.82) is 0 Å². The topological polar surface area (TPSA) is 41.5 Å². The largest absolute Gasteiger partial charge is 0.389 e. The number of aliphatic hydroxyl groups excluding tert-OH is 1. The summed E-state index contributed by atoms with van der Waals surface area (Å²) in [5.41, 5.74) is 0.579. The van der Waals surface area contributed by atoms with Crippen molar-refractivity contribution in [2.75, 3.05) is 18.5 Å². The van der Waals surface area contributed by atoms with Crippen LogP contribution in [0.4, 0.5) is 10.1 Å². The molecule has 0 aliphatic rings. The van der Waals surface area contributed by atoms with E-state index in [0.29, 0.717) is 12.2 Å². The lowest BCUT2D eigenvalue weighted by Gasteiger charge is -2.15. The monoisotopic (exact) mass is 261 g/mol. The lowest BCUT2D eigenvalue weighted by molar-refractivity contribution is 0.0112. The molecule has 1 unspecified atom stereocenters. The van der Waals surface area contributed by atoms with Crippen molar-refractivity contribution in [3.8, 4) is 0 Å². The van der Waals surface area contributed by atoms with Crippen LogP contribution < -0.4 is 5.32 Å². The smallest absolute Gasteiger partial charge is 0.143 e. The van der Waals surface area contributed by atoms with Crippen molar-refractivity contribution >= 4 is 17.3 Å². The van der Waals surface area contributed by atoms with Gasteiger partial charge in [0.25, 0.3) is 0 Å². The van der Waals surface area contributed by atoms with Crippen LogP contribution in [0, 0.1) is 5.82 Å². The second-order valence-electron chi connectivity index (χ2n) is 4.05. The third-order valence-corrected chi connectivity index (χ3v) is 2.39. The number of nitrogens with one attached hydrogen (secondary N) is 1. The molecule has 1 rings (SSSR count). The molecule has 0 spiro atoms. The standard InChI is InChI=1S/C12H17ClFNO2/c1-8(2)17-7-10(16)6-15-9-3-4-11(13)12(14)5-9/h3-5,8,10,15-16H,6-7H2,1-2H3. The van der Waals surface area contributed by atoms with Crippen molar-refractivity contribution in [2.24, 2.45) is 0 Å². The van der Waals surface area contributed by atoms with Crippen LogP contribution in [0.5, 0.6) is 0 Å². The van der Waals surface area contributed by atoms with Gasteiger partial charge in [-0.25, -0.2) is 4.39 Å². The highest BCUT2D eigenvalue weighted by Gasteiger charge is 2.06. The summed E-state index contributed by atoms with van der Waals surface area (Å²) in [6, 6.07) is 4.41. The van der Waals surface area contributed by atoms with Crippen LogP contribution >= 0.6 is 11.6 Å². The Balaban J connectivity index is 2.36. The first-order chi connectivity index (χ1) is 7.99. The average Bonchev–Trinajstić information content (AvgIpc) is 2.28. The predicted molar refractivity (Wildman–Crippen MR) is 67.0 cm³/mol. The van der Waals surface area contributed by atoms with Gasteiger partial charge in [0.2, 0.25) is 0 Å². The molecule has 0 aliphatic carbocycles. The Hall–Kier alpha value is -0.840. The van der Waals surface area contributed by atoms with Crippen molar-refractivity contribution in [3.05, 3.63) is 29.0 Å². The molecule has 1 aromatic rings. The highest BCUT2D eigenvalue weighted by atomic mass is 35.5. The first-order valence-electron chi connectivity index (χ1n) is 5.47. The SMILES string of the molecule is CC(C)OCC(O)CNc1ccc(Cl)c(F)c1. The fourth-order valence-corrected chi connectivity index (χ4v) is 1.32. The van der Waals surface area contributed by atoms with Crippen LogP contribution in [0.1, 0.15) is 13.8 Å². The Labute approximate surface area is 106 Å². The summed E-state index contributed by atoms with van der Waals surface area (Å²) >= 11 is 5.56. The summed E-state index contributed by atoms with van der Waals surface area (Å²) < 4.78 is 18.3. The van der Waals surface area contributed by atoms with Crippen LogP contribution in [-0.2, 0) is 4.74 Å². The molecular formula is C12H17ClFNO2. The first-order valence-corrected chi connectivity index (χ1v) is 5.85. The maximum atomic E-state index is 13.1. The van der Waals surface area contributed by atoms with Crippen LogP contribution in [0.3, 0.4) is 0 Å². The maximum absolute atomic E-state index is 13.1. The van der Waals surface area contributed by atoms with Crippen LogP contribution in [0.15, 0.2) is 18.2 Å². The first kappa shape index (κ1) is 14.2. The molecule has 1 aromatic carbocycles. The van der Waals surface area contributed by atoms with Gasteiger partial charge in [-0.2, -0.15) is 0 Å². The number of aliphatic hydroxyl groups is 1. The molecular weight excluding hydrogens is 245 g/mol. The quantitative estimate of drug-likeness (QED) is 0.827. The van der Waals surface area contributed by atoms with E-state index in [4.69, 9.17) is 16.3 Å². The van der Waals surface area contributed by atoms with Gasteiger partial charge in [-0.05, 0) is 32.0 Å². The molecule has 0 aliphatic heterocycles. The Bertz CT molecular complexity index is 360. The lowest BCUT2D eigenvalue weighted by Crippen LogP contribution is -2.26. The predicted octanol–water partition coefficient (Wildman–Crippen LogP) is 2.68. The van der Waals surface area contributed by atoms with E-state index in [1.807, 2.05) is 13.8 Å². The minimum Gasteiger partial charge on any atom is -0.389 e. The number of ether oxygens (including phenoxy) is 1. The van der Waals surface area contributed by atoms with Crippen molar-refractivity contribution in [2.45, 2.75) is 26.1 Å². The zero-order chi connectivity index (χ0) is 12.8. The van der Waals surface area contributed by atoms with Gasteiger partial charge in [0.1, 0.15) is 5.82 Å². The molecule has 17 heavy (non-hydrogen) atoms. The van der Waals surface area contributed by atoms with Gasteiger partial charge in [0.15, 0.2) is 0 Å². The minimum absolute atomic E-state index is 0.0811. The Morgan fingerprint density at radius 2 is 2.18 bits per heavy atom. The van der Waals surface area contributed by atoms with Crippen LogP contribution in [0.2, 0.25) is 5.02 Å². The highest BCUT2D eigenvalue weighted by molar-refractivity contribution is 6.30. The minimum atomic E-state index is -0.629. The van der Waals surface area contributed by atoms with E-state index in [1.54, 1.807) is 6.07 Å². The van der Waals surface area contributed by atoms with Gasteiger partial charge >= 0.3 is 0 Å². The molecule has 0 bridgehead atoms. The maximum Gasteiger partial charge on any atom is 0.143 e. The van der Waals surface area contributed by atoms with Crippen LogP contribution in [0.25, 0.3) is 0 Å². The normalized spacial score (nSPS) is 12.8. The Morgan fingerprint density at radius 1 is 1.47 bits per heavy atom.